The molecule has 0 aromatic carbocycles. The SMILES string of the molecule is CCCCN(C)C(=NC)NCC1CN2CCCC2CO1. The highest BCUT2D eigenvalue weighted by Gasteiger charge is 2.32. The van der Waals surface area contributed by atoms with E-state index in [0.717, 1.165) is 32.2 Å². The molecule has 2 rings (SSSR count). The molecule has 1 N–H and O–H groups in total. The fourth-order valence-corrected chi connectivity index (χ4v) is 3.10. The molecule has 2 fully saturated rings. The second kappa shape index (κ2) is 7.84. The van der Waals surface area contributed by atoms with Crippen LogP contribution in [0.2, 0.25) is 0 Å². The first kappa shape index (κ1) is 15.6. The second-order valence-electron chi connectivity index (χ2n) is 5.95. The Hall–Kier alpha value is -0.810. The van der Waals surface area contributed by atoms with E-state index in [-0.39, 0.29) is 0 Å². The molecule has 0 amide bonds. The van der Waals surface area contributed by atoms with Crippen molar-refractivity contribution in [1.82, 2.24) is 15.1 Å². The van der Waals surface area contributed by atoms with Crippen LogP contribution in [-0.2, 0) is 4.74 Å². The zero-order valence-electron chi connectivity index (χ0n) is 13.3. The van der Waals surface area contributed by atoms with E-state index in [1.165, 1.54) is 32.2 Å². The summed E-state index contributed by atoms with van der Waals surface area (Å²) in [6.07, 6.45) is 5.34. The molecule has 5 nitrogen and oxygen atoms in total. The molecule has 0 aromatic rings. The van der Waals surface area contributed by atoms with Crippen LogP contribution >= 0.6 is 0 Å². The first-order valence-electron chi connectivity index (χ1n) is 8.02. The molecular weight excluding hydrogens is 252 g/mol. The molecule has 2 atom stereocenters. The third kappa shape index (κ3) is 4.09. The third-order valence-electron chi connectivity index (χ3n) is 4.37. The van der Waals surface area contributed by atoms with Gasteiger partial charge in [0.05, 0.1) is 12.7 Å². The Morgan fingerprint density at radius 2 is 2.35 bits per heavy atom. The minimum Gasteiger partial charge on any atom is -0.373 e. The lowest BCUT2D eigenvalue weighted by Crippen LogP contribution is -2.51. The van der Waals surface area contributed by atoms with Gasteiger partial charge in [-0.3, -0.25) is 9.89 Å². The number of morpholine rings is 1. The topological polar surface area (TPSA) is 40.1 Å². The van der Waals surface area contributed by atoms with E-state index in [4.69, 9.17) is 4.74 Å². The second-order valence-corrected chi connectivity index (χ2v) is 5.95. The standard InChI is InChI=1S/C15H30N4O/c1-4-5-8-18(3)15(16-2)17-10-14-11-19-9-6-7-13(19)12-20-14/h13-14H,4-12H2,1-3H3,(H,16,17). The zero-order valence-corrected chi connectivity index (χ0v) is 13.3. The number of unbranched alkanes of at least 4 members (excludes halogenated alkanes) is 1. The Morgan fingerprint density at radius 1 is 1.50 bits per heavy atom. The Kier molecular flexibility index (Phi) is 6.10. The first-order valence-corrected chi connectivity index (χ1v) is 8.02. The first-order chi connectivity index (χ1) is 9.74. The van der Waals surface area contributed by atoms with Crippen molar-refractivity contribution in [2.75, 3.05) is 46.9 Å². The molecular formula is C15H30N4O. The van der Waals surface area contributed by atoms with Gasteiger partial charge in [0.25, 0.3) is 0 Å². The summed E-state index contributed by atoms with van der Waals surface area (Å²) >= 11 is 0. The van der Waals surface area contributed by atoms with Gasteiger partial charge >= 0.3 is 0 Å². The predicted octanol–water partition coefficient (Wildman–Crippen LogP) is 1.16. The third-order valence-corrected chi connectivity index (χ3v) is 4.37. The summed E-state index contributed by atoms with van der Waals surface area (Å²) in [5, 5.41) is 3.45. The summed E-state index contributed by atoms with van der Waals surface area (Å²) in [5.74, 6) is 0.977. The molecule has 2 unspecified atom stereocenters. The number of ether oxygens (including phenoxy) is 1. The summed E-state index contributed by atoms with van der Waals surface area (Å²) in [7, 11) is 3.95. The van der Waals surface area contributed by atoms with E-state index >= 15 is 0 Å². The number of nitrogens with zero attached hydrogens (tertiary/aromatic N) is 3. The molecule has 0 spiro atoms. The molecule has 2 aliphatic rings. The summed E-state index contributed by atoms with van der Waals surface area (Å²) in [4.78, 5) is 9.14. The minimum absolute atomic E-state index is 0.292. The van der Waals surface area contributed by atoms with Gasteiger partial charge in [0.1, 0.15) is 0 Å². The lowest BCUT2D eigenvalue weighted by molar-refractivity contribution is -0.0454. The van der Waals surface area contributed by atoms with Gasteiger partial charge in [0, 0.05) is 39.8 Å². The highest BCUT2D eigenvalue weighted by atomic mass is 16.5. The average molecular weight is 282 g/mol. The zero-order chi connectivity index (χ0) is 14.4. The highest BCUT2D eigenvalue weighted by Crippen LogP contribution is 2.22. The fraction of sp³-hybridized carbons (Fsp3) is 0.933. The van der Waals surface area contributed by atoms with Crippen LogP contribution in [0.4, 0.5) is 0 Å². The average Bonchev–Trinajstić information content (AvgIpc) is 2.93. The number of hydrogen-bond donors (Lipinski definition) is 1. The number of guanidine groups is 1. The van der Waals surface area contributed by atoms with E-state index in [1.54, 1.807) is 0 Å². The van der Waals surface area contributed by atoms with Crippen LogP contribution in [0, 0.1) is 0 Å². The van der Waals surface area contributed by atoms with Crippen molar-refractivity contribution in [3.63, 3.8) is 0 Å². The van der Waals surface area contributed by atoms with Gasteiger partial charge in [-0.25, -0.2) is 0 Å². The van der Waals surface area contributed by atoms with Crippen molar-refractivity contribution in [1.29, 1.82) is 0 Å². The van der Waals surface area contributed by atoms with Gasteiger partial charge in [-0.05, 0) is 25.8 Å². The van der Waals surface area contributed by atoms with Gasteiger partial charge in [0.15, 0.2) is 5.96 Å². The van der Waals surface area contributed by atoms with Crippen molar-refractivity contribution in [2.24, 2.45) is 4.99 Å². The molecule has 2 aliphatic heterocycles. The smallest absolute Gasteiger partial charge is 0.193 e. The molecule has 116 valence electrons. The summed E-state index contributed by atoms with van der Waals surface area (Å²) in [5.41, 5.74) is 0. The van der Waals surface area contributed by atoms with E-state index < -0.39 is 0 Å². The predicted molar refractivity (Wildman–Crippen MR) is 83.2 cm³/mol. The van der Waals surface area contributed by atoms with Gasteiger partial charge in [-0.1, -0.05) is 13.3 Å². The Balaban J connectivity index is 1.73. The van der Waals surface area contributed by atoms with E-state index in [1.807, 2.05) is 7.05 Å². The molecule has 2 saturated heterocycles. The molecule has 5 heteroatoms. The normalized spacial score (nSPS) is 27.4. The van der Waals surface area contributed by atoms with Crippen LogP contribution in [0.1, 0.15) is 32.6 Å². The minimum atomic E-state index is 0.292. The van der Waals surface area contributed by atoms with Crippen molar-refractivity contribution in [2.45, 2.75) is 44.8 Å². The van der Waals surface area contributed by atoms with Crippen molar-refractivity contribution < 1.29 is 4.74 Å². The largest absolute Gasteiger partial charge is 0.373 e. The molecule has 0 aromatic heterocycles. The molecule has 0 bridgehead atoms. The quantitative estimate of drug-likeness (QED) is 0.607. The van der Waals surface area contributed by atoms with Crippen LogP contribution in [0.5, 0.6) is 0 Å². The van der Waals surface area contributed by atoms with Crippen LogP contribution in [0.3, 0.4) is 0 Å². The molecule has 0 aliphatic carbocycles. The Bertz CT molecular complexity index is 321. The summed E-state index contributed by atoms with van der Waals surface area (Å²) < 4.78 is 5.97. The van der Waals surface area contributed by atoms with Crippen molar-refractivity contribution in [3.05, 3.63) is 0 Å². The molecule has 0 radical (unpaired) electrons. The number of fused-ring (bicyclic) bond motifs is 1. The van der Waals surface area contributed by atoms with Crippen molar-refractivity contribution in [3.8, 4) is 0 Å². The van der Waals surface area contributed by atoms with Gasteiger partial charge in [-0.2, -0.15) is 0 Å². The highest BCUT2D eigenvalue weighted by molar-refractivity contribution is 5.79. The van der Waals surface area contributed by atoms with Gasteiger partial charge in [0.2, 0.25) is 0 Å². The molecule has 2 heterocycles. The fourth-order valence-electron chi connectivity index (χ4n) is 3.10. The lowest BCUT2D eigenvalue weighted by Gasteiger charge is -2.35. The maximum atomic E-state index is 5.97. The number of rotatable bonds is 5. The van der Waals surface area contributed by atoms with Gasteiger partial charge in [-0.15, -0.1) is 0 Å². The Morgan fingerprint density at radius 3 is 3.10 bits per heavy atom. The summed E-state index contributed by atoms with van der Waals surface area (Å²) in [6.45, 7) is 7.33. The number of aliphatic imine (C=N–C) groups is 1. The molecule has 0 saturated carbocycles. The van der Waals surface area contributed by atoms with Crippen LogP contribution in [-0.4, -0.2) is 74.8 Å². The van der Waals surface area contributed by atoms with Crippen LogP contribution in [0.25, 0.3) is 0 Å². The van der Waals surface area contributed by atoms with E-state index in [0.29, 0.717) is 12.1 Å². The van der Waals surface area contributed by atoms with E-state index in [9.17, 15) is 0 Å². The summed E-state index contributed by atoms with van der Waals surface area (Å²) in [6, 6.07) is 0.679. The number of nitrogens with one attached hydrogen (secondary N) is 1. The van der Waals surface area contributed by atoms with Crippen LogP contribution in [0.15, 0.2) is 4.99 Å². The lowest BCUT2D eigenvalue weighted by atomic mass is 10.2. The van der Waals surface area contributed by atoms with Crippen molar-refractivity contribution >= 4 is 5.96 Å². The number of hydrogen-bond acceptors (Lipinski definition) is 3. The monoisotopic (exact) mass is 282 g/mol. The molecule has 20 heavy (non-hydrogen) atoms. The Labute approximate surface area is 123 Å². The van der Waals surface area contributed by atoms with E-state index in [2.05, 4.69) is 34.1 Å². The van der Waals surface area contributed by atoms with Gasteiger partial charge < -0.3 is 15.0 Å². The van der Waals surface area contributed by atoms with Crippen LogP contribution < -0.4 is 5.32 Å². The maximum Gasteiger partial charge on any atom is 0.193 e. The maximum absolute atomic E-state index is 5.97.